The molecule has 42 heavy (non-hydrogen) atoms. The fourth-order valence-electron chi connectivity index (χ4n) is 7.55. The van der Waals surface area contributed by atoms with Crippen LogP contribution in [0.3, 0.4) is 0 Å². The number of halogens is 3. The lowest BCUT2D eigenvalue weighted by Gasteiger charge is -2.50. The van der Waals surface area contributed by atoms with E-state index in [4.69, 9.17) is 0 Å². The molecule has 5 rings (SSSR count). The van der Waals surface area contributed by atoms with Crippen molar-refractivity contribution in [3.8, 4) is 5.75 Å². The number of fused-ring (bicyclic) bond motifs is 3. The Morgan fingerprint density at radius 2 is 1.81 bits per heavy atom. The summed E-state index contributed by atoms with van der Waals surface area (Å²) in [5.41, 5.74) is -6.32. The van der Waals surface area contributed by atoms with E-state index < -0.39 is 105 Å². The fourth-order valence-corrected chi connectivity index (χ4v) is 7.55. The number of likely N-dealkylation sites (tertiary alicyclic amines) is 1. The van der Waals surface area contributed by atoms with Gasteiger partial charge in [-0.25, -0.2) is 0 Å². The number of nitrogens with one attached hydrogen (secondary N) is 1. The average Bonchev–Trinajstić information content (AvgIpc) is 3.22. The maximum atomic E-state index is 14.8. The van der Waals surface area contributed by atoms with Crippen LogP contribution in [0, 0.1) is 11.8 Å². The minimum atomic E-state index is -4.88. The first kappa shape index (κ1) is 30.1. The maximum Gasteiger partial charge on any atom is 0.417 e. The van der Waals surface area contributed by atoms with E-state index in [9.17, 15) is 48.0 Å². The number of carbonyl (C=O) groups excluding carboxylic acids is 3. The molecule has 1 aromatic carbocycles. The third-order valence-electron chi connectivity index (χ3n) is 9.65. The highest BCUT2D eigenvalue weighted by molar-refractivity contribution is 6.25. The largest absolute Gasteiger partial charge is 0.510 e. The van der Waals surface area contributed by atoms with Gasteiger partial charge in [0.05, 0.1) is 17.2 Å². The van der Waals surface area contributed by atoms with Gasteiger partial charge in [-0.1, -0.05) is 0 Å². The minimum absolute atomic E-state index is 0.00520. The number of benzene rings is 1. The van der Waals surface area contributed by atoms with Gasteiger partial charge in [0.1, 0.15) is 22.8 Å². The number of phenols is 1. The number of ketones is 2. The van der Waals surface area contributed by atoms with E-state index in [1.54, 1.807) is 11.9 Å². The van der Waals surface area contributed by atoms with Crippen molar-refractivity contribution >= 4 is 17.5 Å². The summed E-state index contributed by atoms with van der Waals surface area (Å²) in [6.07, 6.45) is -4.51. The second-order valence-electron chi connectivity index (χ2n) is 12.0. The number of likely N-dealkylation sites (N-methyl/N-ethyl adjacent to an activating group) is 2. The molecule has 5 N–H and O–H groups in total. The number of hydrogen-bond donors (Lipinski definition) is 5. The van der Waals surface area contributed by atoms with Gasteiger partial charge in [0.25, 0.3) is 5.91 Å². The Bertz CT molecular complexity index is 1470. The van der Waals surface area contributed by atoms with Crippen LogP contribution in [-0.4, -0.2) is 93.6 Å². The van der Waals surface area contributed by atoms with Crippen LogP contribution in [0.5, 0.6) is 5.75 Å². The molecule has 1 heterocycles. The molecule has 10 nitrogen and oxygen atoms in total. The number of alkyl halides is 3. The van der Waals surface area contributed by atoms with Gasteiger partial charge < -0.3 is 25.7 Å². The van der Waals surface area contributed by atoms with E-state index in [0.717, 1.165) is 6.07 Å². The van der Waals surface area contributed by atoms with Crippen molar-refractivity contribution in [1.82, 2.24) is 15.1 Å². The number of phenolic OH excluding ortho intramolecular Hbond substituents is 1. The van der Waals surface area contributed by atoms with Crippen molar-refractivity contribution in [3.63, 3.8) is 0 Å². The zero-order valence-electron chi connectivity index (χ0n) is 23.8. The number of Topliss-reactive ketones (excluding diaryl/α,β-unsaturated/α-hetero) is 2. The van der Waals surface area contributed by atoms with Crippen LogP contribution >= 0.6 is 0 Å². The molecule has 3 aliphatic carbocycles. The van der Waals surface area contributed by atoms with Gasteiger partial charge in [-0.2, -0.15) is 13.2 Å². The lowest BCUT2D eigenvalue weighted by molar-refractivity contribution is -0.148. The summed E-state index contributed by atoms with van der Waals surface area (Å²) < 4.78 is 44.4. The Labute approximate surface area is 240 Å². The molecule has 0 radical (unpaired) electrons. The second-order valence-corrected chi connectivity index (χ2v) is 12.0. The summed E-state index contributed by atoms with van der Waals surface area (Å²) in [4.78, 5) is 43.2. The van der Waals surface area contributed by atoms with E-state index in [1.165, 1.54) is 26.0 Å². The molecular formula is C29H34F3N3O7. The Hall–Kier alpha value is -3.42. The summed E-state index contributed by atoms with van der Waals surface area (Å²) in [7, 11) is 5.91. The molecule has 1 amide bonds. The van der Waals surface area contributed by atoms with Gasteiger partial charge >= 0.3 is 6.18 Å². The minimum Gasteiger partial charge on any atom is -0.510 e. The van der Waals surface area contributed by atoms with Crippen LogP contribution < -0.4 is 5.32 Å². The van der Waals surface area contributed by atoms with Gasteiger partial charge in [0.15, 0.2) is 11.4 Å². The number of rotatable bonds is 3. The maximum absolute atomic E-state index is 14.8. The number of allylic oxidation sites excluding steroid dienone is 1. The van der Waals surface area contributed by atoms with Gasteiger partial charge in [-0.15, -0.1) is 0 Å². The molecule has 0 saturated carbocycles. The van der Waals surface area contributed by atoms with Crippen LogP contribution in [-0.2, 0) is 22.2 Å². The molecule has 228 valence electrons. The first-order chi connectivity index (χ1) is 19.5. The van der Waals surface area contributed by atoms with Crippen molar-refractivity contribution in [1.29, 1.82) is 0 Å². The van der Waals surface area contributed by atoms with Gasteiger partial charge in [0, 0.05) is 30.6 Å². The van der Waals surface area contributed by atoms with E-state index >= 15 is 0 Å². The number of carbonyl (C=O) groups is 3. The Morgan fingerprint density at radius 1 is 1.17 bits per heavy atom. The molecule has 1 aromatic rings. The highest BCUT2D eigenvalue weighted by Gasteiger charge is 2.63. The zero-order valence-corrected chi connectivity index (χ0v) is 23.8. The summed E-state index contributed by atoms with van der Waals surface area (Å²) in [5, 5.41) is 47.4. The number of amides is 1. The number of aliphatic hydroxyl groups is 3. The molecule has 0 aromatic heterocycles. The summed E-state index contributed by atoms with van der Waals surface area (Å²) in [6, 6.07) is -0.889. The van der Waals surface area contributed by atoms with Gasteiger partial charge in [0.2, 0.25) is 5.78 Å². The normalized spacial score (nSPS) is 31.8. The Morgan fingerprint density at radius 3 is 2.33 bits per heavy atom. The van der Waals surface area contributed by atoms with Crippen LogP contribution in [0.2, 0.25) is 0 Å². The predicted molar refractivity (Wildman–Crippen MR) is 143 cm³/mol. The zero-order chi connectivity index (χ0) is 31.2. The van der Waals surface area contributed by atoms with E-state index in [2.05, 4.69) is 5.32 Å². The number of aromatic hydroxyl groups is 1. The SMILES string of the molecule is CNC(=O)C1=C(O)[C@@H](N(C)C)[C@@H]2C[C@@H]3Cc4c(c(O)cc(C5CCC(C)N5C)c4C(F)(F)F)C(=O)C3=C(O)[C@]2(O)C1=O. The van der Waals surface area contributed by atoms with Crippen LogP contribution in [0.15, 0.2) is 28.7 Å². The predicted octanol–water partition coefficient (Wildman–Crippen LogP) is 2.56. The lowest BCUT2D eigenvalue weighted by atomic mass is 9.58. The smallest absolute Gasteiger partial charge is 0.417 e. The van der Waals surface area contributed by atoms with E-state index in [0.29, 0.717) is 12.8 Å². The summed E-state index contributed by atoms with van der Waals surface area (Å²) in [6.45, 7) is 1.89. The quantitative estimate of drug-likeness (QED) is 0.333. The molecule has 0 spiro atoms. The van der Waals surface area contributed by atoms with Crippen molar-refractivity contribution < 1.29 is 48.0 Å². The fraction of sp³-hybridized carbons (Fsp3) is 0.552. The number of aliphatic hydroxyl groups excluding tert-OH is 2. The standard InChI is InChI=1S/C29H34F3N3O7/c1-11-6-7-16(35(11)5)13-10-17(36)19-14(21(13)29(30,31)32)8-12-9-15-22(34(3)4)24(38)20(27(41)33-2)26(40)28(15,42)25(39)18(12)23(19)37/h10-12,15-16,22,36,38-39,42H,6-9H2,1-5H3,(H,33,41)/t11?,12-,15-,16?,22-,28-/m0/s1. The first-order valence-electron chi connectivity index (χ1n) is 13.7. The molecule has 1 aliphatic heterocycles. The van der Waals surface area contributed by atoms with E-state index in [-0.39, 0.29) is 18.0 Å². The Kier molecular flexibility index (Phi) is 7.02. The van der Waals surface area contributed by atoms with Crippen LogP contribution in [0.1, 0.15) is 59.3 Å². The molecular weight excluding hydrogens is 559 g/mol. The third-order valence-corrected chi connectivity index (χ3v) is 9.65. The molecule has 1 fully saturated rings. The Balaban J connectivity index is 1.74. The molecule has 6 atom stereocenters. The van der Waals surface area contributed by atoms with Crippen LogP contribution in [0.25, 0.3) is 0 Å². The van der Waals surface area contributed by atoms with Gasteiger partial charge in [-0.3, -0.25) is 24.2 Å². The number of hydrogen-bond acceptors (Lipinski definition) is 9. The monoisotopic (exact) mass is 593 g/mol. The third kappa shape index (κ3) is 4.00. The second kappa shape index (κ2) is 9.81. The van der Waals surface area contributed by atoms with Crippen LogP contribution in [0.4, 0.5) is 13.2 Å². The number of nitrogens with zero attached hydrogens (tertiary/aromatic N) is 2. The van der Waals surface area contributed by atoms with Crippen molar-refractivity contribution in [3.05, 3.63) is 51.0 Å². The highest BCUT2D eigenvalue weighted by Crippen LogP contribution is 2.55. The molecule has 0 bridgehead atoms. The molecule has 2 unspecified atom stereocenters. The summed E-state index contributed by atoms with van der Waals surface area (Å²) >= 11 is 0. The molecule has 4 aliphatic rings. The highest BCUT2D eigenvalue weighted by atomic mass is 19.4. The molecule has 1 saturated heterocycles. The topological polar surface area (TPSA) is 151 Å². The summed E-state index contributed by atoms with van der Waals surface area (Å²) in [5.74, 6) is -8.34. The lowest BCUT2D eigenvalue weighted by Crippen LogP contribution is -2.64. The van der Waals surface area contributed by atoms with Crippen molar-refractivity contribution in [2.45, 2.75) is 62.5 Å². The van der Waals surface area contributed by atoms with E-state index in [1.807, 2.05) is 6.92 Å². The van der Waals surface area contributed by atoms with Gasteiger partial charge in [-0.05, 0) is 76.9 Å². The van der Waals surface area contributed by atoms with Crippen molar-refractivity contribution in [2.75, 3.05) is 28.2 Å². The molecule has 13 heteroatoms. The average molecular weight is 594 g/mol. The first-order valence-corrected chi connectivity index (χ1v) is 13.7. The van der Waals surface area contributed by atoms with Crippen molar-refractivity contribution in [2.24, 2.45) is 11.8 Å².